The fraction of sp³-hybridized carbons (Fsp3) is 0.529. The molecule has 6 heteroatoms. The standard InChI is InChI=1S/C13H26.2C7H6O2.C7H16O2/c1-5-9-12-13(8-4,10-6-2)11-7-3;2*8-7(9)6-4-2-1-3-5-6;1-3-4-7(9)5-6(2)8/h5H,1,6-12H2,2-4H3;2*1-5H,(H,8,9);6-9H,3-5H2,1-2H3. The number of aliphatic hydroxyl groups is 2. The highest BCUT2D eigenvalue weighted by Crippen LogP contribution is 2.38. The molecule has 2 aromatic carbocycles. The lowest BCUT2D eigenvalue weighted by atomic mass is 9.73. The summed E-state index contributed by atoms with van der Waals surface area (Å²) in [4.78, 5) is 20.4. The van der Waals surface area contributed by atoms with E-state index in [1.165, 1.54) is 44.9 Å². The minimum atomic E-state index is -0.879. The highest BCUT2D eigenvalue weighted by molar-refractivity contribution is 5.87. The van der Waals surface area contributed by atoms with Crippen LogP contribution < -0.4 is 0 Å². The summed E-state index contributed by atoms with van der Waals surface area (Å²) >= 11 is 0. The summed E-state index contributed by atoms with van der Waals surface area (Å²) in [5.41, 5.74) is 1.28. The van der Waals surface area contributed by atoms with Gasteiger partial charge in [0.1, 0.15) is 0 Å². The number of carbonyl (C=O) groups is 2. The number of rotatable bonds is 14. The molecule has 0 fully saturated rings. The van der Waals surface area contributed by atoms with Crippen molar-refractivity contribution in [3.05, 3.63) is 84.4 Å². The van der Waals surface area contributed by atoms with Crippen LogP contribution in [-0.4, -0.2) is 44.6 Å². The molecular formula is C34H54O6. The molecule has 0 aliphatic heterocycles. The number of benzene rings is 2. The van der Waals surface area contributed by atoms with Crippen LogP contribution in [0, 0.1) is 5.41 Å². The van der Waals surface area contributed by atoms with E-state index in [1.54, 1.807) is 67.6 Å². The zero-order valence-corrected chi connectivity index (χ0v) is 25.4. The predicted octanol–water partition coefficient (Wildman–Crippen LogP) is 8.64. The summed E-state index contributed by atoms with van der Waals surface area (Å²) in [5.74, 6) is -1.76. The van der Waals surface area contributed by atoms with E-state index in [-0.39, 0.29) is 12.2 Å². The maximum atomic E-state index is 10.2. The van der Waals surface area contributed by atoms with Gasteiger partial charge in [-0.3, -0.25) is 0 Å². The number of hydrogen-bond acceptors (Lipinski definition) is 4. The predicted molar refractivity (Wildman–Crippen MR) is 166 cm³/mol. The molecule has 2 unspecified atom stereocenters. The molecule has 0 radical (unpaired) electrons. The minimum absolute atomic E-state index is 0.310. The molecule has 40 heavy (non-hydrogen) atoms. The van der Waals surface area contributed by atoms with Crippen molar-refractivity contribution in [3.8, 4) is 0 Å². The molecule has 0 aliphatic carbocycles. The highest BCUT2D eigenvalue weighted by atomic mass is 16.4. The first-order chi connectivity index (χ1) is 19.0. The van der Waals surface area contributed by atoms with Crippen LogP contribution in [0.15, 0.2) is 73.3 Å². The molecule has 6 nitrogen and oxygen atoms in total. The number of allylic oxidation sites excluding steroid dienone is 1. The lowest BCUT2D eigenvalue weighted by Crippen LogP contribution is -2.19. The smallest absolute Gasteiger partial charge is 0.335 e. The Balaban J connectivity index is 0. The van der Waals surface area contributed by atoms with Crippen molar-refractivity contribution >= 4 is 11.9 Å². The molecule has 0 heterocycles. The van der Waals surface area contributed by atoms with Crippen molar-refractivity contribution < 1.29 is 30.0 Å². The van der Waals surface area contributed by atoms with Gasteiger partial charge in [0.25, 0.3) is 0 Å². The number of aliphatic hydroxyl groups excluding tert-OH is 2. The van der Waals surface area contributed by atoms with Crippen molar-refractivity contribution in [1.82, 2.24) is 0 Å². The van der Waals surface area contributed by atoms with Crippen molar-refractivity contribution in [2.75, 3.05) is 0 Å². The topological polar surface area (TPSA) is 115 Å². The Hall–Kier alpha value is -2.96. The number of carboxylic acids is 2. The molecule has 0 bridgehead atoms. The van der Waals surface area contributed by atoms with Gasteiger partial charge in [0, 0.05) is 0 Å². The highest BCUT2D eigenvalue weighted by Gasteiger charge is 2.24. The SMILES string of the molecule is C=CCCC(CC)(CCC)CCC.CCCC(O)CC(C)O.O=C(O)c1ccccc1.O=C(O)c1ccccc1. The molecule has 4 N–H and O–H groups in total. The molecule has 0 amide bonds. The molecule has 0 spiro atoms. The molecule has 2 atom stereocenters. The van der Waals surface area contributed by atoms with Crippen LogP contribution in [-0.2, 0) is 0 Å². The first-order valence-electron chi connectivity index (χ1n) is 14.6. The van der Waals surface area contributed by atoms with Gasteiger partial charge in [0.2, 0.25) is 0 Å². The maximum Gasteiger partial charge on any atom is 0.335 e. The van der Waals surface area contributed by atoms with E-state index in [9.17, 15) is 9.59 Å². The normalized spacial score (nSPS) is 11.7. The quantitative estimate of drug-likeness (QED) is 0.173. The van der Waals surface area contributed by atoms with Crippen molar-refractivity contribution in [3.63, 3.8) is 0 Å². The first-order valence-corrected chi connectivity index (χ1v) is 14.6. The average molecular weight is 559 g/mol. The fourth-order valence-corrected chi connectivity index (χ4v) is 4.38. The number of hydrogen-bond donors (Lipinski definition) is 4. The number of carboxylic acid groups (broad SMARTS) is 2. The summed E-state index contributed by atoms with van der Waals surface area (Å²) in [6, 6.07) is 16.6. The molecule has 0 aliphatic rings. The zero-order chi connectivity index (χ0) is 30.8. The average Bonchev–Trinajstić information content (AvgIpc) is 2.94. The lowest BCUT2D eigenvalue weighted by molar-refractivity contribution is 0.0686. The first kappa shape index (κ1) is 39.2. The third-order valence-corrected chi connectivity index (χ3v) is 6.47. The van der Waals surface area contributed by atoms with E-state index in [1.807, 2.05) is 6.92 Å². The number of aromatic carboxylic acids is 2. The second kappa shape index (κ2) is 25.0. The maximum absolute atomic E-state index is 10.2. The fourth-order valence-electron chi connectivity index (χ4n) is 4.38. The second-order valence-corrected chi connectivity index (χ2v) is 10.1. The molecule has 0 saturated carbocycles. The largest absolute Gasteiger partial charge is 0.478 e. The van der Waals surface area contributed by atoms with E-state index in [0.717, 1.165) is 12.8 Å². The van der Waals surface area contributed by atoms with E-state index >= 15 is 0 Å². The van der Waals surface area contributed by atoms with Gasteiger partial charge in [-0.05, 0) is 75.1 Å². The third-order valence-electron chi connectivity index (χ3n) is 6.47. The zero-order valence-electron chi connectivity index (χ0n) is 25.4. The van der Waals surface area contributed by atoms with Crippen LogP contribution in [0.4, 0.5) is 0 Å². The van der Waals surface area contributed by atoms with Gasteiger partial charge >= 0.3 is 11.9 Å². The second-order valence-electron chi connectivity index (χ2n) is 10.1. The third kappa shape index (κ3) is 20.9. The molecule has 2 aromatic rings. The minimum Gasteiger partial charge on any atom is -0.478 e. The summed E-state index contributed by atoms with van der Waals surface area (Å²) in [5, 5.41) is 34.6. The van der Waals surface area contributed by atoms with E-state index in [2.05, 4.69) is 33.4 Å². The van der Waals surface area contributed by atoms with Gasteiger partial charge in [-0.15, -0.1) is 6.58 Å². The van der Waals surface area contributed by atoms with Gasteiger partial charge in [0.15, 0.2) is 0 Å². The van der Waals surface area contributed by atoms with E-state index in [0.29, 0.717) is 23.0 Å². The van der Waals surface area contributed by atoms with Crippen LogP contribution >= 0.6 is 0 Å². The van der Waals surface area contributed by atoms with Crippen molar-refractivity contribution in [2.24, 2.45) is 5.41 Å². The monoisotopic (exact) mass is 558 g/mol. The van der Waals surface area contributed by atoms with Gasteiger partial charge in [-0.2, -0.15) is 0 Å². The van der Waals surface area contributed by atoms with Gasteiger partial charge in [-0.25, -0.2) is 9.59 Å². The Morgan fingerprint density at radius 3 is 1.45 bits per heavy atom. The van der Waals surface area contributed by atoms with Gasteiger partial charge in [0.05, 0.1) is 23.3 Å². The molecule has 2 rings (SSSR count). The van der Waals surface area contributed by atoms with Crippen LogP contribution in [0.3, 0.4) is 0 Å². The summed E-state index contributed by atoms with van der Waals surface area (Å²) in [6.45, 7) is 14.5. The Morgan fingerprint density at radius 2 is 1.20 bits per heavy atom. The van der Waals surface area contributed by atoms with E-state index in [4.69, 9.17) is 20.4 Å². The molecule has 226 valence electrons. The molecule has 0 aromatic heterocycles. The lowest BCUT2D eigenvalue weighted by Gasteiger charge is -2.32. The van der Waals surface area contributed by atoms with Crippen molar-refractivity contribution in [2.45, 2.75) is 111 Å². The Labute approximate surface area is 242 Å². The van der Waals surface area contributed by atoms with E-state index < -0.39 is 11.9 Å². The Kier molecular flexibility index (Phi) is 24.5. The van der Waals surface area contributed by atoms with Crippen LogP contribution in [0.5, 0.6) is 0 Å². The Morgan fingerprint density at radius 1 is 0.775 bits per heavy atom. The molecular weight excluding hydrogens is 504 g/mol. The summed E-state index contributed by atoms with van der Waals surface area (Å²) < 4.78 is 0. The Bertz CT molecular complexity index is 824. The molecule has 0 saturated heterocycles. The summed E-state index contributed by atoms with van der Waals surface area (Å²) in [6.07, 6.45) is 13.0. The van der Waals surface area contributed by atoms with Gasteiger partial charge in [-0.1, -0.05) is 95.9 Å². The summed E-state index contributed by atoms with van der Waals surface area (Å²) in [7, 11) is 0. The van der Waals surface area contributed by atoms with Crippen molar-refractivity contribution in [1.29, 1.82) is 0 Å². The van der Waals surface area contributed by atoms with Gasteiger partial charge < -0.3 is 20.4 Å². The van der Waals surface area contributed by atoms with Crippen LogP contribution in [0.25, 0.3) is 0 Å². The van der Waals surface area contributed by atoms with Crippen LogP contribution in [0.1, 0.15) is 120 Å². The van der Waals surface area contributed by atoms with Crippen LogP contribution in [0.2, 0.25) is 0 Å².